The minimum atomic E-state index is 0.0320. The molecule has 1 aliphatic rings. The molecule has 3 aromatic rings. The molecule has 0 saturated carbocycles. The second-order valence-corrected chi connectivity index (χ2v) is 7.46. The van der Waals surface area contributed by atoms with Gasteiger partial charge in [0.15, 0.2) is 11.7 Å². The van der Waals surface area contributed by atoms with Gasteiger partial charge in [-0.2, -0.15) is 0 Å². The molecule has 0 bridgehead atoms. The number of nitrogens with zero attached hydrogens (tertiary/aromatic N) is 2. The van der Waals surface area contributed by atoms with Crippen LogP contribution in [0.5, 0.6) is 0 Å². The van der Waals surface area contributed by atoms with Gasteiger partial charge >= 0.3 is 0 Å². The maximum absolute atomic E-state index is 12.4. The molecule has 5 nitrogen and oxygen atoms in total. The number of amides is 1. The molecule has 2 aromatic carbocycles. The highest BCUT2D eigenvalue weighted by Gasteiger charge is 2.23. The van der Waals surface area contributed by atoms with Gasteiger partial charge in [-0.15, -0.1) is 0 Å². The first kappa shape index (κ1) is 19.4. The summed E-state index contributed by atoms with van der Waals surface area (Å²) in [5, 5.41) is 3.12. The molecule has 1 atom stereocenters. The molecule has 0 radical (unpaired) electrons. The van der Waals surface area contributed by atoms with Gasteiger partial charge in [-0.05, 0) is 31.5 Å². The summed E-state index contributed by atoms with van der Waals surface area (Å²) < 4.78 is 5.80. The van der Waals surface area contributed by atoms with Crippen molar-refractivity contribution in [2.24, 2.45) is 0 Å². The van der Waals surface area contributed by atoms with Crippen molar-refractivity contribution in [1.29, 1.82) is 0 Å². The molecule has 1 fully saturated rings. The van der Waals surface area contributed by atoms with Crippen LogP contribution < -0.4 is 5.32 Å². The molecule has 1 aromatic heterocycles. The van der Waals surface area contributed by atoms with E-state index in [1.807, 2.05) is 36.4 Å². The van der Waals surface area contributed by atoms with E-state index in [2.05, 4.69) is 39.5 Å². The molecule has 1 saturated heterocycles. The number of hydrogen-bond acceptors (Lipinski definition) is 4. The third-order valence-corrected chi connectivity index (χ3v) is 5.44. The first-order chi connectivity index (χ1) is 14.3. The van der Waals surface area contributed by atoms with Gasteiger partial charge in [0.25, 0.3) is 0 Å². The van der Waals surface area contributed by atoms with Gasteiger partial charge in [-0.3, -0.25) is 9.69 Å². The van der Waals surface area contributed by atoms with E-state index >= 15 is 0 Å². The number of rotatable bonds is 8. The van der Waals surface area contributed by atoms with Crippen LogP contribution >= 0.6 is 0 Å². The van der Waals surface area contributed by atoms with E-state index in [0.29, 0.717) is 25.3 Å². The van der Waals surface area contributed by atoms with Crippen LogP contribution in [0.4, 0.5) is 0 Å². The van der Waals surface area contributed by atoms with Crippen molar-refractivity contribution >= 4 is 5.91 Å². The SMILES string of the molecule is O=C(CCc1ncc(-c2ccccc2)o1)NCC(c1ccccc1)N1CCCC1. The van der Waals surface area contributed by atoms with Crippen LogP contribution in [-0.2, 0) is 11.2 Å². The molecule has 1 N–H and O–H groups in total. The van der Waals surface area contributed by atoms with Crippen LogP contribution in [0.2, 0.25) is 0 Å². The maximum atomic E-state index is 12.4. The zero-order chi connectivity index (χ0) is 19.9. The number of nitrogens with one attached hydrogen (secondary N) is 1. The third-order valence-electron chi connectivity index (χ3n) is 5.44. The summed E-state index contributed by atoms with van der Waals surface area (Å²) in [6.45, 7) is 2.81. The number of benzene rings is 2. The van der Waals surface area contributed by atoms with Crippen molar-refractivity contribution in [2.45, 2.75) is 31.7 Å². The van der Waals surface area contributed by atoms with Gasteiger partial charge in [0.05, 0.1) is 12.2 Å². The summed E-state index contributed by atoms with van der Waals surface area (Å²) in [7, 11) is 0. The Bertz CT molecular complexity index is 902. The number of aryl methyl sites for hydroxylation is 1. The molecule has 150 valence electrons. The van der Waals surface area contributed by atoms with Crippen LogP contribution in [-0.4, -0.2) is 35.4 Å². The van der Waals surface area contributed by atoms with Crippen molar-refractivity contribution in [1.82, 2.24) is 15.2 Å². The van der Waals surface area contributed by atoms with Crippen LogP contribution in [0.15, 0.2) is 71.3 Å². The topological polar surface area (TPSA) is 58.4 Å². The lowest BCUT2D eigenvalue weighted by Crippen LogP contribution is -2.36. The molecular formula is C24H27N3O2. The number of hydrogen-bond donors (Lipinski definition) is 1. The molecule has 0 aliphatic carbocycles. The predicted octanol–water partition coefficient (Wildman–Crippen LogP) is 4.23. The monoisotopic (exact) mass is 389 g/mol. The average molecular weight is 389 g/mol. The Kier molecular flexibility index (Phi) is 6.37. The Hall–Kier alpha value is -2.92. The smallest absolute Gasteiger partial charge is 0.220 e. The highest BCUT2D eigenvalue weighted by molar-refractivity contribution is 5.76. The van der Waals surface area contributed by atoms with Gasteiger partial charge in [-0.25, -0.2) is 4.98 Å². The number of aromatic nitrogens is 1. The van der Waals surface area contributed by atoms with Crippen LogP contribution in [0.1, 0.15) is 36.8 Å². The number of carbonyl (C=O) groups excluding carboxylic acids is 1. The number of oxazole rings is 1. The van der Waals surface area contributed by atoms with E-state index in [1.54, 1.807) is 6.20 Å². The number of carbonyl (C=O) groups is 1. The van der Waals surface area contributed by atoms with Crippen LogP contribution in [0.25, 0.3) is 11.3 Å². The summed E-state index contributed by atoms with van der Waals surface area (Å²) in [5.74, 6) is 1.36. The number of likely N-dealkylation sites (tertiary alicyclic amines) is 1. The highest BCUT2D eigenvalue weighted by atomic mass is 16.4. The average Bonchev–Trinajstić information content (AvgIpc) is 3.46. The van der Waals surface area contributed by atoms with E-state index in [-0.39, 0.29) is 11.9 Å². The van der Waals surface area contributed by atoms with E-state index in [9.17, 15) is 4.79 Å². The molecule has 1 unspecified atom stereocenters. The van der Waals surface area contributed by atoms with E-state index < -0.39 is 0 Å². The van der Waals surface area contributed by atoms with E-state index in [4.69, 9.17) is 4.42 Å². The quantitative estimate of drug-likeness (QED) is 0.626. The summed E-state index contributed by atoms with van der Waals surface area (Å²) in [6.07, 6.45) is 5.05. The van der Waals surface area contributed by atoms with Crippen molar-refractivity contribution < 1.29 is 9.21 Å². The van der Waals surface area contributed by atoms with Crippen LogP contribution in [0, 0.1) is 0 Å². The fourth-order valence-electron chi connectivity index (χ4n) is 3.87. The van der Waals surface area contributed by atoms with Gasteiger partial charge in [0, 0.05) is 24.9 Å². The normalized spacial score (nSPS) is 15.3. The summed E-state index contributed by atoms with van der Waals surface area (Å²) >= 11 is 0. The third kappa shape index (κ3) is 5.12. The lowest BCUT2D eigenvalue weighted by atomic mass is 10.1. The predicted molar refractivity (Wildman–Crippen MR) is 113 cm³/mol. The molecule has 1 aliphatic heterocycles. The minimum absolute atomic E-state index is 0.0320. The zero-order valence-corrected chi connectivity index (χ0v) is 16.6. The Labute approximate surface area is 171 Å². The Morgan fingerprint density at radius 3 is 2.45 bits per heavy atom. The van der Waals surface area contributed by atoms with Crippen molar-refractivity contribution in [3.63, 3.8) is 0 Å². The lowest BCUT2D eigenvalue weighted by Gasteiger charge is -2.28. The first-order valence-electron chi connectivity index (χ1n) is 10.4. The second-order valence-electron chi connectivity index (χ2n) is 7.46. The van der Waals surface area contributed by atoms with Gasteiger partial charge in [-0.1, -0.05) is 60.7 Å². The summed E-state index contributed by atoms with van der Waals surface area (Å²) in [6, 6.07) is 20.6. The Morgan fingerprint density at radius 2 is 1.72 bits per heavy atom. The van der Waals surface area contributed by atoms with Gasteiger partial charge in [0.2, 0.25) is 5.91 Å². The molecular weight excluding hydrogens is 362 g/mol. The highest BCUT2D eigenvalue weighted by Crippen LogP contribution is 2.24. The molecule has 4 rings (SSSR count). The van der Waals surface area contributed by atoms with E-state index in [0.717, 1.165) is 24.4 Å². The molecule has 2 heterocycles. The Morgan fingerprint density at radius 1 is 1.03 bits per heavy atom. The molecule has 1 amide bonds. The zero-order valence-electron chi connectivity index (χ0n) is 16.6. The second kappa shape index (κ2) is 9.52. The fraction of sp³-hybridized carbons (Fsp3) is 0.333. The van der Waals surface area contributed by atoms with Crippen molar-refractivity contribution in [3.05, 3.63) is 78.3 Å². The van der Waals surface area contributed by atoms with Crippen molar-refractivity contribution in [3.8, 4) is 11.3 Å². The largest absolute Gasteiger partial charge is 0.441 e. The van der Waals surface area contributed by atoms with E-state index in [1.165, 1.54) is 18.4 Å². The fourth-order valence-corrected chi connectivity index (χ4v) is 3.87. The maximum Gasteiger partial charge on any atom is 0.220 e. The minimum Gasteiger partial charge on any atom is -0.441 e. The summed E-state index contributed by atoms with van der Waals surface area (Å²) in [4.78, 5) is 19.2. The van der Waals surface area contributed by atoms with Gasteiger partial charge in [0.1, 0.15) is 0 Å². The molecule has 29 heavy (non-hydrogen) atoms. The standard InChI is InChI=1S/C24H27N3O2/c28-23(13-14-24-26-18-22(29-24)20-11-5-2-6-12-20)25-17-21(27-15-7-8-16-27)19-9-3-1-4-10-19/h1-6,9-12,18,21H,7-8,13-17H2,(H,25,28). The first-order valence-corrected chi connectivity index (χ1v) is 10.4. The summed E-state index contributed by atoms with van der Waals surface area (Å²) in [5.41, 5.74) is 2.25. The lowest BCUT2D eigenvalue weighted by molar-refractivity contribution is -0.121. The van der Waals surface area contributed by atoms with Crippen LogP contribution in [0.3, 0.4) is 0 Å². The molecule has 5 heteroatoms. The van der Waals surface area contributed by atoms with Crippen molar-refractivity contribution in [2.75, 3.05) is 19.6 Å². The Balaban J connectivity index is 1.30. The molecule has 0 spiro atoms. The van der Waals surface area contributed by atoms with Gasteiger partial charge < -0.3 is 9.73 Å².